The number of thioether (sulfide) groups is 1. The number of benzene rings is 2. The normalized spacial score (nSPS) is 12.6. The van der Waals surface area contributed by atoms with Crippen molar-refractivity contribution in [3.8, 4) is 5.75 Å². The number of halogens is 2. The van der Waals surface area contributed by atoms with Gasteiger partial charge in [-0.3, -0.25) is 10.1 Å². The Balaban J connectivity index is 2.29. The van der Waals surface area contributed by atoms with Crippen LogP contribution in [-0.2, 0) is 19.0 Å². The molecule has 2 rings (SSSR count). The maximum atomic E-state index is 12.8. The lowest BCUT2D eigenvalue weighted by atomic mass is 10.0. The van der Waals surface area contributed by atoms with Crippen molar-refractivity contribution in [1.82, 2.24) is 0 Å². The first-order valence-corrected chi connectivity index (χ1v) is 13.4. The quantitative estimate of drug-likeness (QED) is 0.156. The van der Waals surface area contributed by atoms with Crippen molar-refractivity contribution in [2.24, 2.45) is 0 Å². The number of carbonyl (C=O) groups excluding carboxylic acids is 2. The van der Waals surface area contributed by atoms with Crippen molar-refractivity contribution >= 4 is 74.0 Å². The van der Waals surface area contributed by atoms with Crippen molar-refractivity contribution in [1.29, 1.82) is 0 Å². The van der Waals surface area contributed by atoms with E-state index in [-0.39, 0.29) is 24.5 Å². The third-order valence-corrected chi connectivity index (χ3v) is 6.51. The number of phenols is 1. The Morgan fingerprint density at radius 1 is 1.21 bits per heavy atom. The Morgan fingerprint density at radius 2 is 1.91 bits per heavy atom. The van der Waals surface area contributed by atoms with Crippen molar-refractivity contribution in [2.45, 2.75) is 30.4 Å². The van der Waals surface area contributed by atoms with E-state index in [1.165, 1.54) is 0 Å². The molecule has 0 aromatic heterocycles. The summed E-state index contributed by atoms with van der Waals surface area (Å²) in [6.07, 6.45) is -0.203. The first-order valence-electron chi connectivity index (χ1n) is 9.96. The summed E-state index contributed by atoms with van der Waals surface area (Å²) in [5, 5.41) is 13.4. The van der Waals surface area contributed by atoms with Gasteiger partial charge in [-0.25, -0.2) is 4.79 Å². The Labute approximate surface area is 219 Å². The van der Waals surface area contributed by atoms with Gasteiger partial charge in [0.05, 0.1) is 16.8 Å². The van der Waals surface area contributed by atoms with Gasteiger partial charge in [-0.1, -0.05) is 15.9 Å². The Bertz CT molecular complexity index is 945. The molecule has 0 radical (unpaired) electrons. The van der Waals surface area contributed by atoms with Gasteiger partial charge in [-0.2, -0.15) is 12.6 Å². The van der Waals surface area contributed by atoms with E-state index in [4.69, 9.17) is 14.2 Å². The molecular weight excluding hydrogens is 598 g/mol. The fourth-order valence-electron chi connectivity index (χ4n) is 2.95. The molecule has 7 nitrogen and oxygen atoms in total. The molecule has 0 unspecified atom stereocenters. The largest absolute Gasteiger partial charge is 0.506 e. The molecule has 2 aromatic rings. The summed E-state index contributed by atoms with van der Waals surface area (Å²) in [6.45, 7) is 2.16. The van der Waals surface area contributed by atoms with Gasteiger partial charge in [0.25, 0.3) is 0 Å². The van der Waals surface area contributed by atoms with Gasteiger partial charge in [0.2, 0.25) is 0 Å². The van der Waals surface area contributed by atoms with E-state index in [1.807, 2.05) is 18.4 Å². The highest BCUT2D eigenvalue weighted by Crippen LogP contribution is 2.39. The molecule has 0 saturated heterocycles. The van der Waals surface area contributed by atoms with E-state index in [9.17, 15) is 14.7 Å². The monoisotopic (exact) mass is 621 g/mol. The number of hydrogen-bond acceptors (Lipinski definition) is 8. The fraction of sp³-hybridized carbons (Fsp3) is 0.364. The molecule has 0 heterocycles. The number of hydrogen-bond donors (Lipinski definition) is 3. The summed E-state index contributed by atoms with van der Waals surface area (Å²) in [4.78, 5) is 25.3. The molecule has 180 valence electrons. The predicted molar refractivity (Wildman–Crippen MR) is 139 cm³/mol. The lowest BCUT2D eigenvalue weighted by Gasteiger charge is -2.28. The third-order valence-electron chi connectivity index (χ3n) is 4.45. The number of carbonyl (C=O) groups is 2. The van der Waals surface area contributed by atoms with Crippen LogP contribution in [0.2, 0.25) is 0 Å². The molecule has 11 heteroatoms. The van der Waals surface area contributed by atoms with E-state index in [0.717, 1.165) is 4.90 Å². The van der Waals surface area contributed by atoms with E-state index in [0.29, 0.717) is 26.8 Å². The maximum absolute atomic E-state index is 12.8. The molecule has 0 fully saturated rings. The molecule has 0 saturated carbocycles. The zero-order valence-corrected chi connectivity index (χ0v) is 22.9. The second-order valence-corrected chi connectivity index (χ2v) is 9.63. The van der Waals surface area contributed by atoms with Crippen molar-refractivity contribution in [2.75, 3.05) is 30.5 Å². The highest BCUT2D eigenvalue weighted by molar-refractivity contribution is 9.11. The van der Waals surface area contributed by atoms with Gasteiger partial charge in [0.15, 0.2) is 6.10 Å². The van der Waals surface area contributed by atoms with E-state index in [1.54, 1.807) is 43.0 Å². The number of ether oxygens (including phenoxy) is 3. The average molecular weight is 623 g/mol. The summed E-state index contributed by atoms with van der Waals surface area (Å²) in [6, 6.07) is 10.6. The molecule has 0 aliphatic rings. The predicted octanol–water partition coefficient (Wildman–Crippen LogP) is 6.20. The zero-order valence-electron chi connectivity index (χ0n) is 18.0. The summed E-state index contributed by atoms with van der Waals surface area (Å²) >= 11 is 12.2. The number of phenolic OH excluding ortho intramolecular Hbond substituents is 1. The number of rotatable bonds is 11. The van der Waals surface area contributed by atoms with E-state index in [2.05, 4.69) is 49.8 Å². The van der Waals surface area contributed by atoms with Crippen LogP contribution in [0.5, 0.6) is 5.75 Å². The van der Waals surface area contributed by atoms with Crippen LogP contribution in [0, 0.1) is 0 Å². The van der Waals surface area contributed by atoms with Crippen LogP contribution in [0.15, 0.2) is 50.2 Å². The second-order valence-electron chi connectivity index (χ2n) is 6.67. The minimum Gasteiger partial charge on any atom is -0.506 e. The first-order chi connectivity index (χ1) is 15.8. The summed E-state index contributed by atoms with van der Waals surface area (Å²) < 4.78 is 17.8. The number of nitrogens with one attached hydrogen (secondary N) is 1. The molecule has 2 atom stereocenters. The van der Waals surface area contributed by atoms with Crippen LogP contribution in [0.25, 0.3) is 0 Å². The molecule has 2 aromatic carbocycles. The summed E-state index contributed by atoms with van der Waals surface area (Å²) in [7, 11) is 0. The SMILES string of the molecule is CCO[C@H](CCOC(=O)CS)[C@H](OC(=O)Nc1ccc(SC)cc1)c1cc(Br)cc(Br)c1O. The van der Waals surface area contributed by atoms with Crippen LogP contribution in [0.4, 0.5) is 10.5 Å². The number of esters is 1. The van der Waals surface area contributed by atoms with Crippen LogP contribution < -0.4 is 5.32 Å². The molecule has 2 N–H and O–H groups in total. The highest BCUT2D eigenvalue weighted by atomic mass is 79.9. The topological polar surface area (TPSA) is 94.1 Å². The molecule has 0 aliphatic carbocycles. The Kier molecular flexibility index (Phi) is 11.9. The first kappa shape index (κ1) is 27.8. The molecule has 0 spiro atoms. The van der Waals surface area contributed by atoms with Gasteiger partial charge < -0.3 is 19.3 Å². The van der Waals surface area contributed by atoms with Crippen molar-refractivity contribution in [3.05, 3.63) is 50.9 Å². The van der Waals surface area contributed by atoms with E-state index < -0.39 is 24.3 Å². The Hall–Kier alpha value is -1.40. The minimum absolute atomic E-state index is 0.0393. The maximum Gasteiger partial charge on any atom is 0.412 e. The summed E-state index contributed by atoms with van der Waals surface area (Å²) in [5.74, 6) is -0.598. The standard InChI is InChI=1S/C22H25Br2NO6S2/c1-3-29-18(8-9-30-19(26)12-32)21(16-10-13(23)11-17(24)20(16)27)31-22(28)25-14-4-6-15(33-2)7-5-14/h4-7,10-11,18,21,27,32H,3,8-9,12H2,1-2H3,(H,25,28)/t18-,21-/m1/s1. The lowest BCUT2D eigenvalue weighted by molar-refractivity contribution is -0.142. The van der Waals surface area contributed by atoms with Crippen LogP contribution in [0.1, 0.15) is 25.0 Å². The third kappa shape index (κ3) is 8.71. The van der Waals surface area contributed by atoms with Crippen molar-refractivity contribution in [3.63, 3.8) is 0 Å². The van der Waals surface area contributed by atoms with Gasteiger partial charge in [0.1, 0.15) is 11.9 Å². The van der Waals surface area contributed by atoms with Gasteiger partial charge >= 0.3 is 12.1 Å². The molecular formula is C22H25Br2NO6S2. The van der Waals surface area contributed by atoms with Crippen LogP contribution in [-0.4, -0.2) is 48.5 Å². The van der Waals surface area contributed by atoms with Crippen LogP contribution >= 0.6 is 56.3 Å². The number of thiol groups is 1. The van der Waals surface area contributed by atoms with Crippen LogP contribution in [0.3, 0.4) is 0 Å². The van der Waals surface area contributed by atoms with Gasteiger partial charge in [-0.05, 0) is 65.5 Å². The second kappa shape index (κ2) is 14.1. The molecule has 0 bridgehead atoms. The number of anilines is 1. The molecule has 1 amide bonds. The average Bonchev–Trinajstić information content (AvgIpc) is 2.79. The smallest absolute Gasteiger partial charge is 0.412 e. The molecule has 0 aliphatic heterocycles. The Morgan fingerprint density at radius 3 is 2.52 bits per heavy atom. The van der Waals surface area contributed by atoms with E-state index >= 15 is 0 Å². The van der Waals surface area contributed by atoms with Crippen molar-refractivity contribution < 1.29 is 28.9 Å². The fourth-order valence-corrected chi connectivity index (χ4v) is 4.71. The number of amides is 1. The summed E-state index contributed by atoms with van der Waals surface area (Å²) in [5.41, 5.74) is 0.898. The lowest BCUT2D eigenvalue weighted by Crippen LogP contribution is -2.30. The number of aromatic hydroxyl groups is 1. The highest BCUT2D eigenvalue weighted by Gasteiger charge is 2.31. The van der Waals surface area contributed by atoms with Gasteiger partial charge in [-0.15, -0.1) is 11.8 Å². The minimum atomic E-state index is -0.987. The molecule has 33 heavy (non-hydrogen) atoms. The van der Waals surface area contributed by atoms with Gasteiger partial charge in [0, 0.05) is 33.6 Å². The zero-order chi connectivity index (χ0) is 24.4.